The number of hydrogen-bond acceptors (Lipinski definition) is 3. The number of benzene rings is 3. The van der Waals surface area contributed by atoms with Crippen LogP contribution in [0.2, 0.25) is 0 Å². The van der Waals surface area contributed by atoms with Crippen LogP contribution in [0.1, 0.15) is 35.3 Å². The van der Waals surface area contributed by atoms with E-state index in [1.165, 1.54) is 0 Å². The van der Waals surface area contributed by atoms with Gasteiger partial charge >= 0.3 is 5.97 Å². The predicted molar refractivity (Wildman–Crippen MR) is 96.7 cm³/mol. The van der Waals surface area contributed by atoms with Crippen LogP contribution >= 0.6 is 0 Å². The number of ether oxygens (including phenoxy) is 1. The number of aromatic carboxylic acids is 1. The quantitative estimate of drug-likeness (QED) is 0.721. The van der Waals surface area contributed by atoms with Gasteiger partial charge in [0.15, 0.2) is 0 Å². The molecule has 0 spiro atoms. The van der Waals surface area contributed by atoms with Crippen LogP contribution in [0, 0.1) is 0 Å². The molecule has 0 atom stereocenters. The Morgan fingerprint density at radius 2 is 1.76 bits per heavy atom. The van der Waals surface area contributed by atoms with Crippen molar-refractivity contribution in [2.75, 3.05) is 7.11 Å². The first-order valence-electron chi connectivity index (χ1n) is 8.07. The second-order valence-electron chi connectivity index (χ2n) is 6.92. The topological polar surface area (TPSA) is 66.8 Å². The zero-order chi connectivity index (χ0) is 17.9. The van der Waals surface area contributed by atoms with Gasteiger partial charge in [-0.2, -0.15) is 0 Å². The number of fused-ring (bicyclic) bond motifs is 5. The highest BCUT2D eigenvalue weighted by Gasteiger charge is 2.37. The lowest BCUT2D eigenvalue weighted by molar-refractivity contribution is 0.0697. The van der Waals surface area contributed by atoms with Crippen LogP contribution < -0.4 is 4.74 Å². The summed E-state index contributed by atoms with van der Waals surface area (Å²) in [5.41, 5.74) is 3.91. The minimum absolute atomic E-state index is 0.201. The summed E-state index contributed by atoms with van der Waals surface area (Å²) >= 11 is 0. The average Bonchev–Trinajstić information content (AvgIpc) is 2.82. The molecule has 1 aliphatic carbocycles. The van der Waals surface area contributed by atoms with Gasteiger partial charge in [-0.25, -0.2) is 4.79 Å². The van der Waals surface area contributed by atoms with Crippen molar-refractivity contribution >= 4 is 16.7 Å². The Hall–Kier alpha value is -3.01. The van der Waals surface area contributed by atoms with E-state index in [0.29, 0.717) is 11.1 Å². The zero-order valence-corrected chi connectivity index (χ0v) is 14.3. The first kappa shape index (κ1) is 15.5. The van der Waals surface area contributed by atoms with Crippen LogP contribution in [-0.2, 0) is 5.41 Å². The molecule has 0 fully saturated rings. The number of phenolic OH excluding ortho intramolecular Hbond substituents is 1. The lowest BCUT2D eigenvalue weighted by Crippen LogP contribution is -2.15. The Kier molecular flexibility index (Phi) is 3.10. The molecule has 0 aromatic heterocycles. The van der Waals surface area contributed by atoms with Crippen LogP contribution in [0.4, 0.5) is 0 Å². The maximum Gasteiger partial charge on any atom is 0.335 e. The molecule has 0 bridgehead atoms. The fourth-order valence-electron chi connectivity index (χ4n) is 3.87. The summed E-state index contributed by atoms with van der Waals surface area (Å²) in [4.78, 5) is 11.4. The van der Waals surface area contributed by atoms with Gasteiger partial charge in [0.05, 0.1) is 12.7 Å². The highest BCUT2D eigenvalue weighted by atomic mass is 16.5. The minimum atomic E-state index is -0.946. The molecule has 4 rings (SSSR count). The number of hydrogen-bond donors (Lipinski definition) is 2. The second kappa shape index (κ2) is 4.99. The molecule has 1 aliphatic rings. The van der Waals surface area contributed by atoms with Gasteiger partial charge in [0, 0.05) is 10.8 Å². The summed E-state index contributed by atoms with van der Waals surface area (Å²) in [5.74, 6) is -0.0784. The normalized spacial score (nSPS) is 14.2. The number of methoxy groups -OCH3 is 1. The molecule has 126 valence electrons. The number of carbonyl (C=O) groups is 1. The number of aromatic hydroxyl groups is 1. The van der Waals surface area contributed by atoms with Crippen LogP contribution in [0.3, 0.4) is 0 Å². The maximum atomic E-state index is 11.4. The molecule has 0 saturated carbocycles. The van der Waals surface area contributed by atoms with Crippen molar-refractivity contribution in [1.82, 2.24) is 0 Å². The van der Waals surface area contributed by atoms with Gasteiger partial charge in [-0.15, -0.1) is 0 Å². The zero-order valence-electron chi connectivity index (χ0n) is 14.3. The van der Waals surface area contributed by atoms with E-state index in [4.69, 9.17) is 4.74 Å². The SMILES string of the molecule is COc1ccc2c3c(cc(O)c2c1)C(C)(C)c1ccc(C(=O)O)cc1-3. The van der Waals surface area contributed by atoms with Crippen molar-refractivity contribution in [2.24, 2.45) is 0 Å². The van der Waals surface area contributed by atoms with Gasteiger partial charge in [0.25, 0.3) is 0 Å². The Bertz CT molecular complexity index is 1050. The lowest BCUT2D eigenvalue weighted by atomic mass is 9.81. The van der Waals surface area contributed by atoms with Gasteiger partial charge in [-0.05, 0) is 64.0 Å². The fraction of sp³-hybridized carbons (Fsp3) is 0.190. The van der Waals surface area contributed by atoms with E-state index in [1.807, 2.05) is 18.2 Å². The molecule has 0 radical (unpaired) electrons. The first-order chi connectivity index (χ1) is 11.8. The van der Waals surface area contributed by atoms with Gasteiger partial charge in [-0.1, -0.05) is 19.9 Å². The highest BCUT2D eigenvalue weighted by molar-refractivity contribution is 6.06. The summed E-state index contributed by atoms with van der Waals surface area (Å²) in [7, 11) is 1.59. The highest BCUT2D eigenvalue weighted by Crippen LogP contribution is 2.53. The smallest absolute Gasteiger partial charge is 0.335 e. The molecule has 0 aliphatic heterocycles. The summed E-state index contributed by atoms with van der Waals surface area (Å²) < 4.78 is 5.27. The molecule has 25 heavy (non-hydrogen) atoms. The Morgan fingerprint density at radius 3 is 2.44 bits per heavy atom. The van der Waals surface area contributed by atoms with E-state index < -0.39 is 5.97 Å². The Morgan fingerprint density at radius 1 is 1.00 bits per heavy atom. The van der Waals surface area contributed by atoms with Gasteiger partial charge in [-0.3, -0.25) is 0 Å². The molecular weight excluding hydrogens is 316 g/mol. The Labute approximate surface area is 145 Å². The third kappa shape index (κ3) is 2.03. The first-order valence-corrected chi connectivity index (χ1v) is 8.07. The van der Waals surface area contributed by atoms with Crippen molar-refractivity contribution in [1.29, 1.82) is 0 Å². The molecule has 4 nitrogen and oxygen atoms in total. The third-order valence-corrected chi connectivity index (χ3v) is 5.20. The van der Waals surface area contributed by atoms with Crippen LogP contribution in [-0.4, -0.2) is 23.3 Å². The standard InChI is InChI=1S/C21H18O4/c1-21(2)16-7-4-11(20(23)24)8-15(16)19-13-6-5-12(25-3)9-14(13)18(22)10-17(19)21/h4-10,22H,1-3H3,(H,23,24). The molecular formula is C21H18O4. The average molecular weight is 334 g/mol. The summed E-state index contributed by atoms with van der Waals surface area (Å²) in [5, 5.41) is 21.5. The minimum Gasteiger partial charge on any atom is -0.507 e. The van der Waals surface area contributed by atoms with Crippen molar-refractivity contribution in [3.05, 3.63) is 59.2 Å². The van der Waals surface area contributed by atoms with E-state index in [1.54, 1.807) is 31.4 Å². The van der Waals surface area contributed by atoms with E-state index in [9.17, 15) is 15.0 Å². The molecule has 4 heteroatoms. The fourth-order valence-corrected chi connectivity index (χ4v) is 3.87. The van der Waals surface area contributed by atoms with Gasteiger partial charge in [0.2, 0.25) is 0 Å². The molecule has 0 saturated heterocycles. The van der Waals surface area contributed by atoms with E-state index >= 15 is 0 Å². The largest absolute Gasteiger partial charge is 0.507 e. The molecule has 0 amide bonds. The van der Waals surface area contributed by atoms with E-state index in [0.717, 1.165) is 27.6 Å². The Balaban J connectivity index is 2.13. The van der Waals surface area contributed by atoms with Crippen molar-refractivity contribution in [3.63, 3.8) is 0 Å². The van der Waals surface area contributed by atoms with Crippen LogP contribution in [0.25, 0.3) is 21.9 Å². The van der Waals surface area contributed by atoms with Gasteiger partial charge in [0.1, 0.15) is 11.5 Å². The van der Waals surface area contributed by atoms with Crippen molar-refractivity contribution in [2.45, 2.75) is 19.3 Å². The summed E-state index contributed by atoms with van der Waals surface area (Å²) in [6, 6.07) is 12.6. The van der Waals surface area contributed by atoms with Crippen molar-refractivity contribution < 1.29 is 19.7 Å². The van der Waals surface area contributed by atoms with Crippen LogP contribution in [0.5, 0.6) is 11.5 Å². The molecule has 2 N–H and O–H groups in total. The summed E-state index contributed by atoms with van der Waals surface area (Å²) in [6.45, 7) is 4.18. The van der Waals surface area contributed by atoms with Crippen LogP contribution in [0.15, 0.2) is 42.5 Å². The maximum absolute atomic E-state index is 11.4. The van der Waals surface area contributed by atoms with E-state index in [-0.39, 0.29) is 16.7 Å². The van der Waals surface area contributed by atoms with E-state index in [2.05, 4.69) is 13.8 Å². The number of rotatable bonds is 2. The number of carboxylic acid groups (broad SMARTS) is 1. The lowest BCUT2D eigenvalue weighted by Gasteiger charge is -2.22. The number of phenols is 1. The van der Waals surface area contributed by atoms with Gasteiger partial charge < -0.3 is 14.9 Å². The molecule has 3 aromatic rings. The number of carboxylic acids is 1. The third-order valence-electron chi connectivity index (χ3n) is 5.20. The monoisotopic (exact) mass is 334 g/mol. The second-order valence-corrected chi connectivity index (χ2v) is 6.92. The molecule has 0 heterocycles. The summed E-state index contributed by atoms with van der Waals surface area (Å²) in [6.07, 6.45) is 0. The van der Waals surface area contributed by atoms with Crippen molar-refractivity contribution in [3.8, 4) is 22.6 Å². The molecule has 3 aromatic carbocycles. The predicted octanol–water partition coefficient (Wildman–Crippen LogP) is 4.56. The molecule has 0 unspecified atom stereocenters.